The number of anilines is 1. The van der Waals surface area contributed by atoms with Gasteiger partial charge >= 0.3 is 0 Å². The van der Waals surface area contributed by atoms with Crippen LogP contribution in [0.1, 0.15) is 18.9 Å². The van der Waals surface area contributed by atoms with Crippen LogP contribution in [0.15, 0.2) is 18.2 Å². The molecule has 0 aliphatic carbocycles. The lowest BCUT2D eigenvalue weighted by Crippen LogP contribution is -2.33. The van der Waals surface area contributed by atoms with Gasteiger partial charge in [0.1, 0.15) is 5.82 Å². The number of nitrogens with one attached hydrogen (secondary N) is 1. The molecule has 96 valence electrons. The van der Waals surface area contributed by atoms with Gasteiger partial charge in [-0.25, -0.2) is 12.8 Å². The molecular weight excluding hydrogens is 243 g/mol. The quantitative estimate of drug-likeness (QED) is 0.845. The molecular formula is C11H17FN2O2S. The molecule has 0 aromatic heterocycles. The second kappa shape index (κ2) is 5.46. The van der Waals surface area contributed by atoms with Crippen LogP contribution in [0.25, 0.3) is 0 Å². The van der Waals surface area contributed by atoms with E-state index < -0.39 is 21.1 Å². The first kappa shape index (κ1) is 13.9. The minimum Gasteiger partial charge on any atom is -0.329 e. The fourth-order valence-electron chi connectivity index (χ4n) is 1.45. The maximum atomic E-state index is 13.0. The summed E-state index contributed by atoms with van der Waals surface area (Å²) in [7, 11) is -3.56. The van der Waals surface area contributed by atoms with Crippen molar-refractivity contribution in [1.29, 1.82) is 0 Å². The molecule has 0 fully saturated rings. The van der Waals surface area contributed by atoms with E-state index in [1.54, 1.807) is 13.8 Å². The minimum atomic E-state index is -3.56. The summed E-state index contributed by atoms with van der Waals surface area (Å²) in [5, 5.41) is -0.662. The van der Waals surface area contributed by atoms with Crippen molar-refractivity contribution in [3.05, 3.63) is 29.6 Å². The van der Waals surface area contributed by atoms with E-state index in [0.29, 0.717) is 12.0 Å². The fourth-order valence-corrected chi connectivity index (χ4v) is 2.84. The highest BCUT2D eigenvalue weighted by Gasteiger charge is 2.22. The van der Waals surface area contributed by atoms with Gasteiger partial charge in [-0.1, -0.05) is 13.0 Å². The average molecular weight is 260 g/mol. The van der Waals surface area contributed by atoms with Crippen molar-refractivity contribution in [3.8, 4) is 0 Å². The third-order valence-corrected chi connectivity index (χ3v) is 4.52. The summed E-state index contributed by atoms with van der Waals surface area (Å²) >= 11 is 0. The number of aryl methyl sites for hydroxylation is 1. The summed E-state index contributed by atoms with van der Waals surface area (Å²) in [5.74, 6) is -0.478. The van der Waals surface area contributed by atoms with Crippen molar-refractivity contribution in [1.82, 2.24) is 0 Å². The van der Waals surface area contributed by atoms with Gasteiger partial charge in [-0.2, -0.15) is 0 Å². The molecule has 3 N–H and O–H groups in total. The predicted octanol–water partition coefficient (Wildman–Crippen LogP) is 1.61. The highest BCUT2D eigenvalue weighted by Crippen LogP contribution is 2.19. The second-order valence-corrected chi connectivity index (χ2v) is 5.83. The summed E-state index contributed by atoms with van der Waals surface area (Å²) in [5.41, 5.74) is 6.33. The van der Waals surface area contributed by atoms with Crippen LogP contribution in [-0.2, 0) is 10.0 Å². The van der Waals surface area contributed by atoms with Crippen LogP contribution in [0.4, 0.5) is 10.1 Å². The predicted molar refractivity (Wildman–Crippen MR) is 66.8 cm³/mol. The molecule has 0 saturated heterocycles. The molecule has 0 amide bonds. The SMILES string of the molecule is CCC(CN)S(=O)(=O)Nc1cc(F)ccc1C. The van der Waals surface area contributed by atoms with E-state index >= 15 is 0 Å². The van der Waals surface area contributed by atoms with Crippen molar-refractivity contribution in [2.24, 2.45) is 5.73 Å². The average Bonchev–Trinajstić information content (AvgIpc) is 2.24. The maximum absolute atomic E-state index is 13.0. The lowest BCUT2D eigenvalue weighted by molar-refractivity contribution is 0.581. The second-order valence-electron chi connectivity index (χ2n) is 3.87. The van der Waals surface area contributed by atoms with Gasteiger partial charge in [0.05, 0.1) is 10.9 Å². The molecule has 6 heteroatoms. The first-order valence-electron chi connectivity index (χ1n) is 5.38. The molecule has 1 aromatic rings. The Morgan fingerprint density at radius 2 is 2.12 bits per heavy atom. The van der Waals surface area contributed by atoms with Crippen molar-refractivity contribution < 1.29 is 12.8 Å². The number of rotatable bonds is 5. The maximum Gasteiger partial charge on any atom is 0.236 e. The lowest BCUT2D eigenvalue weighted by Gasteiger charge is -2.16. The van der Waals surface area contributed by atoms with E-state index in [2.05, 4.69) is 4.72 Å². The van der Waals surface area contributed by atoms with Crippen LogP contribution in [0.5, 0.6) is 0 Å². The zero-order valence-corrected chi connectivity index (χ0v) is 10.7. The summed E-state index contributed by atoms with van der Waals surface area (Å²) in [6.07, 6.45) is 0.417. The first-order valence-corrected chi connectivity index (χ1v) is 6.93. The normalized spacial score (nSPS) is 13.4. The number of nitrogens with two attached hydrogens (primary N) is 1. The number of sulfonamides is 1. The standard InChI is InChI=1S/C11H17FN2O2S/c1-3-10(7-13)17(15,16)14-11-6-9(12)5-4-8(11)2/h4-6,10,14H,3,7,13H2,1-2H3. The molecule has 1 atom stereocenters. The summed E-state index contributed by atoms with van der Waals surface area (Å²) in [6, 6.07) is 3.97. The number of hydrogen-bond acceptors (Lipinski definition) is 3. The Morgan fingerprint density at radius 3 is 2.65 bits per heavy atom. The topological polar surface area (TPSA) is 72.2 Å². The van der Waals surface area contributed by atoms with E-state index in [4.69, 9.17) is 5.73 Å². The fraction of sp³-hybridized carbons (Fsp3) is 0.455. The van der Waals surface area contributed by atoms with Gasteiger partial charge in [0, 0.05) is 6.54 Å². The summed E-state index contributed by atoms with van der Waals surface area (Å²) in [6.45, 7) is 3.50. The Morgan fingerprint density at radius 1 is 1.47 bits per heavy atom. The minimum absolute atomic E-state index is 0.0419. The van der Waals surface area contributed by atoms with Gasteiger partial charge in [-0.15, -0.1) is 0 Å². The Bertz CT molecular complexity index is 484. The molecule has 1 unspecified atom stereocenters. The third kappa shape index (κ3) is 3.41. The lowest BCUT2D eigenvalue weighted by atomic mass is 10.2. The molecule has 0 heterocycles. The van der Waals surface area contributed by atoms with Crippen LogP contribution in [0.2, 0.25) is 0 Å². The van der Waals surface area contributed by atoms with E-state index in [1.807, 2.05) is 0 Å². The van der Waals surface area contributed by atoms with Crippen LogP contribution < -0.4 is 10.5 Å². The van der Waals surface area contributed by atoms with Crippen LogP contribution >= 0.6 is 0 Å². The van der Waals surface area contributed by atoms with Gasteiger partial charge in [0.2, 0.25) is 10.0 Å². The van der Waals surface area contributed by atoms with Crippen LogP contribution in [0.3, 0.4) is 0 Å². The molecule has 0 aliphatic rings. The van der Waals surface area contributed by atoms with Gasteiger partial charge in [-0.3, -0.25) is 4.72 Å². The molecule has 0 aliphatic heterocycles. The molecule has 0 saturated carbocycles. The Balaban J connectivity index is 3.01. The van der Waals surface area contributed by atoms with Crippen molar-refractivity contribution in [3.63, 3.8) is 0 Å². The first-order chi connectivity index (χ1) is 7.90. The summed E-state index contributed by atoms with van der Waals surface area (Å²) in [4.78, 5) is 0. The monoisotopic (exact) mass is 260 g/mol. The molecule has 1 rings (SSSR count). The Kier molecular flexibility index (Phi) is 4.47. The number of halogens is 1. The van der Waals surface area contributed by atoms with Crippen molar-refractivity contribution >= 4 is 15.7 Å². The Labute approximate surface area is 101 Å². The van der Waals surface area contributed by atoms with Gasteiger partial charge < -0.3 is 5.73 Å². The van der Waals surface area contributed by atoms with Crippen molar-refractivity contribution in [2.45, 2.75) is 25.5 Å². The molecule has 17 heavy (non-hydrogen) atoms. The van der Waals surface area contributed by atoms with E-state index in [9.17, 15) is 12.8 Å². The molecule has 4 nitrogen and oxygen atoms in total. The summed E-state index contributed by atoms with van der Waals surface area (Å²) < 4.78 is 39.2. The Hall–Kier alpha value is -1.14. The highest BCUT2D eigenvalue weighted by molar-refractivity contribution is 7.93. The molecule has 1 aromatic carbocycles. The van der Waals surface area contributed by atoms with Gasteiger partial charge in [0.15, 0.2) is 0 Å². The number of benzene rings is 1. The van der Waals surface area contributed by atoms with E-state index in [1.165, 1.54) is 12.1 Å². The third-order valence-electron chi connectivity index (χ3n) is 2.61. The zero-order valence-electron chi connectivity index (χ0n) is 9.90. The van der Waals surface area contributed by atoms with E-state index in [0.717, 1.165) is 6.07 Å². The van der Waals surface area contributed by atoms with Crippen LogP contribution in [0, 0.1) is 12.7 Å². The van der Waals surface area contributed by atoms with Gasteiger partial charge in [0.25, 0.3) is 0 Å². The smallest absolute Gasteiger partial charge is 0.236 e. The molecule has 0 radical (unpaired) electrons. The number of hydrogen-bond donors (Lipinski definition) is 2. The van der Waals surface area contributed by atoms with Gasteiger partial charge in [-0.05, 0) is 31.0 Å². The zero-order chi connectivity index (χ0) is 13.1. The highest BCUT2D eigenvalue weighted by atomic mass is 32.2. The van der Waals surface area contributed by atoms with Crippen molar-refractivity contribution in [2.75, 3.05) is 11.3 Å². The van der Waals surface area contributed by atoms with Crippen LogP contribution in [-0.4, -0.2) is 20.2 Å². The van der Waals surface area contributed by atoms with E-state index in [-0.39, 0.29) is 12.2 Å². The largest absolute Gasteiger partial charge is 0.329 e. The molecule has 0 bridgehead atoms. The molecule has 0 spiro atoms.